The van der Waals surface area contributed by atoms with Gasteiger partial charge in [-0.25, -0.2) is 4.79 Å². The van der Waals surface area contributed by atoms with Gasteiger partial charge in [-0.3, -0.25) is 0 Å². The summed E-state index contributed by atoms with van der Waals surface area (Å²) in [5.74, 6) is -0.258. The molecule has 0 amide bonds. The van der Waals surface area contributed by atoms with Gasteiger partial charge in [-0.05, 0) is 47.8 Å². The number of anilines is 1. The molecule has 0 spiro atoms. The summed E-state index contributed by atoms with van der Waals surface area (Å²) in [4.78, 5) is 13.7. The molecule has 0 unspecified atom stereocenters. The van der Waals surface area contributed by atoms with Gasteiger partial charge < -0.3 is 14.4 Å². The van der Waals surface area contributed by atoms with Crippen LogP contribution in [0.4, 0.5) is 5.69 Å². The van der Waals surface area contributed by atoms with Gasteiger partial charge in [0, 0.05) is 37.0 Å². The summed E-state index contributed by atoms with van der Waals surface area (Å²) in [6.07, 6.45) is 3.59. The van der Waals surface area contributed by atoms with Crippen LogP contribution >= 0.6 is 15.9 Å². The first-order valence-corrected chi connectivity index (χ1v) is 7.72. The number of allylic oxidation sites excluding steroid dienone is 1. The van der Waals surface area contributed by atoms with Crippen LogP contribution in [0.1, 0.15) is 19.8 Å². The quantitative estimate of drug-likeness (QED) is 0.611. The van der Waals surface area contributed by atoms with Crippen LogP contribution in [0.3, 0.4) is 0 Å². The Morgan fingerprint density at radius 1 is 1.38 bits per heavy atom. The highest BCUT2D eigenvalue weighted by atomic mass is 79.9. The number of carbonyl (C=O) groups excluding carboxylic acids is 1. The van der Waals surface area contributed by atoms with Crippen LogP contribution in [0.15, 0.2) is 40.5 Å². The third-order valence-corrected chi connectivity index (χ3v) is 3.55. The number of methoxy groups -OCH3 is 1. The van der Waals surface area contributed by atoms with Crippen molar-refractivity contribution in [2.75, 3.05) is 32.3 Å². The smallest absolute Gasteiger partial charge is 0.332 e. The summed E-state index contributed by atoms with van der Waals surface area (Å²) < 4.78 is 10.3. The van der Waals surface area contributed by atoms with E-state index < -0.39 is 0 Å². The lowest BCUT2D eigenvalue weighted by Gasteiger charge is -2.21. The fourth-order valence-corrected chi connectivity index (χ4v) is 2.61. The molecule has 0 atom stereocenters. The lowest BCUT2D eigenvalue weighted by molar-refractivity contribution is -0.137. The first-order valence-electron chi connectivity index (χ1n) is 6.93. The molecule has 4 nitrogen and oxygen atoms in total. The van der Waals surface area contributed by atoms with Crippen LogP contribution in [-0.4, -0.2) is 33.3 Å². The van der Waals surface area contributed by atoms with Crippen LogP contribution in [-0.2, 0) is 14.3 Å². The van der Waals surface area contributed by atoms with Crippen LogP contribution in [0.25, 0.3) is 0 Å². The molecule has 0 bridgehead atoms. The van der Waals surface area contributed by atoms with Gasteiger partial charge in [0.15, 0.2) is 0 Å². The second-order valence-corrected chi connectivity index (χ2v) is 5.36. The topological polar surface area (TPSA) is 38.8 Å². The fourth-order valence-electron chi connectivity index (χ4n) is 2.11. The highest BCUT2D eigenvalue weighted by Crippen LogP contribution is 2.33. The molecule has 1 fully saturated rings. The molecule has 0 aromatic heterocycles. The minimum absolute atomic E-state index is 0.258. The van der Waals surface area contributed by atoms with E-state index in [-0.39, 0.29) is 5.97 Å². The van der Waals surface area contributed by atoms with E-state index in [4.69, 9.17) is 4.74 Å². The Kier molecular flexibility index (Phi) is 8.08. The third-order valence-electron chi connectivity index (χ3n) is 2.88. The summed E-state index contributed by atoms with van der Waals surface area (Å²) >= 11 is 3.55. The lowest BCUT2D eigenvalue weighted by atomic mass is 10.2. The van der Waals surface area contributed by atoms with Gasteiger partial charge in [0.05, 0.1) is 12.3 Å². The van der Waals surface area contributed by atoms with Crippen molar-refractivity contribution >= 4 is 27.6 Å². The standard InChI is InChI=1S/C14H16BrNO2.C2H6O/c1-2-18-14(17)10-11-6-5-9-16(11)13-8-4-3-7-12(13)15;1-3-2/h3-4,7-8,10H,2,5-6,9H2,1H3;1-2H3/b11-10+;. The van der Waals surface area contributed by atoms with Crippen molar-refractivity contribution in [3.63, 3.8) is 0 Å². The van der Waals surface area contributed by atoms with E-state index in [1.165, 1.54) is 0 Å². The SMILES string of the molecule is CCOC(=O)/C=C1\CCCN1c1ccccc1Br.COC. The molecule has 5 heteroatoms. The van der Waals surface area contributed by atoms with Crippen molar-refractivity contribution in [3.8, 4) is 0 Å². The molecular weight excluding hydrogens is 334 g/mol. The fraction of sp³-hybridized carbons (Fsp3) is 0.438. The number of nitrogens with zero attached hydrogens (tertiary/aromatic N) is 1. The molecule has 0 radical (unpaired) electrons. The Labute approximate surface area is 134 Å². The van der Waals surface area contributed by atoms with Crippen molar-refractivity contribution in [2.24, 2.45) is 0 Å². The van der Waals surface area contributed by atoms with E-state index in [0.29, 0.717) is 6.61 Å². The van der Waals surface area contributed by atoms with Gasteiger partial charge in [-0.2, -0.15) is 0 Å². The number of hydrogen-bond donors (Lipinski definition) is 0. The average molecular weight is 356 g/mol. The first kappa shape index (κ1) is 17.7. The van der Waals surface area contributed by atoms with E-state index >= 15 is 0 Å². The van der Waals surface area contributed by atoms with Crippen LogP contribution < -0.4 is 4.90 Å². The normalized spacial score (nSPS) is 15.6. The molecule has 1 saturated heterocycles. The Balaban J connectivity index is 0.000000677. The highest BCUT2D eigenvalue weighted by molar-refractivity contribution is 9.10. The molecule has 1 aliphatic rings. The lowest BCUT2D eigenvalue weighted by Crippen LogP contribution is -2.18. The van der Waals surface area contributed by atoms with Gasteiger partial charge in [0.1, 0.15) is 0 Å². The largest absolute Gasteiger partial charge is 0.463 e. The first-order chi connectivity index (χ1) is 10.1. The zero-order valence-electron chi connectivity index (χ0n) is 12.8. The molecule has 116 valence electrons. The van der Waals surface area contributed by atoms with Crippen LogP contribution in [0.5, 0.6) is 0 Å². The highest BCUT2D eigenvalue weighted by Gasteiger charge is 2.21. The summed E-state index contributed by atoms with van der Waals surface area (Å²) in [7, 11) is 3.25. The van der Waals surface area contributed by atoms with E-state index in [2.05, 4.69) is 25.6 Å². The molecule has 0 N–H and O–H groups in total. The monoisotopic (exact) mass is 355 g/mol. The second-order valence-electron chi connectivity index (χ2n) is 4.50. The van der Waals surface area contributed by atoms with Gasteiger partial charge in [0.25, 0.3) is 0 Å². The number of carbonyl (C=O) groups is 1. The predicted molar refractivity (Wildman–Crippen MR) is 88.4 cm³/mol. The number of benzene rings is 1. The Hall–Kier alpha value is -1.33. The number of para-hydroxylation sites is 1. The van der Waals surface area contributed by atoms with E-state index in [0.717, 1.165) is 35.2 Å². The molecule has 1 aromatic carbocycles. The number of halogens is 1. The molecular formula is C16H22BrNO3. The van der Waals surface area contributed by atoms with Crippen LogP contribution in [0, 0.1) is 0 Å². The maximum atomic E-state index is 11.5. The molecule has 21 heavy (non-hydrogen) atoms. The summed E-state index contributed by atoms with van der Waals surface area (Å²) in [6.45, 7) is 3.17. The summed E-state index contributed by atoms with van der Waals surface area (Å²) in [5, 5.41) is 0. The van der Waals surface area contributed by atoms with E-state index in [1.54, 1.807) is 20.3 Å². The molecule has 1 aliphatic heterocycles. The Morgan fingerprint density at radius 3 is 2.67 bits per heavy atom. The second kappa shape index (κ2) is 9.58. The van der Waals surface area contributed by atoms with Gasteiger partial charge in [-0.1, -0.05) is 12.1 Å². The van der Waals surface area contributed by atoms with Crippen molar-refractivity contribution in [1.82, 2.24) is 0 Å². The Morgan fingerprint density at radius 2 is 2.05 bits per heavy atom. The van der Waals surface area contributed by atoms with Crippen LogP contribution in [0.2, 0.25) is 0 Å². The average Bonchev–Trinajstić information content (AvgIpc) is 2.88. The predicted octanol–water partition coefficient (Wildman–Crippen LogP) is 3.76. The van der Waals surface area contributed by atoms with Crippen molar-refractivity contribution < 1.29 is 14.3 Å². The summed E-state index contributed by atoms with van der Waals surface area (Å²) in [6, 6.07) is 8.04. The maximum Gasteiger partial charge on any atom is 0.332 e. The number of hydrogen-bond acceptors (Lipinski definition) is 4. The van der Waals surface area contributed by atoms with E-state index in [9.17, 15) is 4.79 Å². The molecule has 1 heterocycles. The zero-order valence-corrected chi connectivity index (χ0v) is 14.4. The number of esters is 1. The third kappa shape index (κ3) is 5.52. The number of rotatable bonds is 3. The number of ether oxygens (including phenoxy) is 2. The van der Waals surface area contributed by atoms with Gasteiger partial charge in [0.2, 0.25) is 0 Å². The van der Waals surface area contributed by atoms with Gasteiger partial charge in [-0.15, -0.1) is 0 Å². The van der Waals surface area contributed by atoms with Gasteiger partial charge >= 0.3 is 5.97 Å². The molecule has 0 aliphatic carbocycles. The minimum atomic E-state index is -0.258. The van der Waals surface area contributed by atoms with Crippen molar-refractivity contribution in [1.29, 1.82) is 0 Å². The summed E-state index contributed by atoms with van der Waals surface area (Å²) in [5.41, 5.74) is 2.13. The Bertz CT molecular complexity index is 488. The minimum Gasteiger partial charge on any atom is -0.463 e. The van der Waals surface area contributed by atoms with Crippen molar-refractivity contribution in [2.45, 2.75) is 19.8 Å². The van der Waals surface area contributed by atoms with E-state index in [1.807, 2.05) is 31.2 Å². The molecule has 0 saturated carbocycles. The maximum absolute atomic E-state index is 11.5. The van der Waals surface area contributed by atoms with Crippen molar-refractivity contribution in [3.05, 3.63) is 40.5 Å². The zero-order chi connectivity index (χ0) is 15.7. The molecule has 2 rings (SSSR count). The molecule has 1 aromatic rings.